The largest absolute Gasteiger partial charge is 0.424 e. The molecular formula is C13H15N3O2. The molecule has 0 fully saturated rings. The summed E-state index contributed by atoms with van der Waals surface area (Å²) in [6.07, 6.45) is 0. The van der Waals surface area contributed by atoms with Gasteiger partial charge in [-0.25, -0.2) is 4.98 Å². The quantitative estimate of drug-likeness (QED) is 0.853. The van der Waals surface area contributed by atoms with Crippen molar-refractivity contribution in [2.45, 2.75) is 20.1 Å². The van der Waals surface area contributed by atoms with Crippen LogP contribution in [0.5, 0.6) is 11.8 Å². The zero-order valence-electron chi connectivity index (χ0n) is 10.1. The van der Waals surface area contributed by atoms with Crippen molar-refractivity contribution in [3.63, 3.8) is 0 Å². The summed E-state index contributed by atoms with van der Waals surface area (Å²) in [5.74, 6) is 0.626. The Hall–Kier alpha value is -1.98. The summed E-state index contributed by atoms with van der Waals surface area (Å²) in [7, 11) is 0. The smallest absolute Gasteiger partial charge is 0.322 e. The molecule has 18 heavy (non-hydrogen) atoms. The normalized spacial score (nSPS) is 10.4. The number of nitrogens with zero attached hydrogens (tertiary/aromatic N) is 2. The fourth-order valence-corrected chi connectivity index (χ4v) is 1.52. The molecule has 0 aliphatic heterocycles. The van der Waals surface area contributed by atoms with Crippen molar-refractivity contribution in [3.05, 3.63) is 47.3 Å². The summed E-state index contributed by atoms with van der Waals surface area (Å²) in [5, 5.41) is 8.94. The zero-order chi connectivity index (χ0) is 13.0. The van der Waals surface area contributed by atoms with Crippen LogP contribution >= 0.6 is 0 Å². The minimum Gasteiger partial charge on any atom is -0.424 e. The number of aryl methyl sites for hydroxylation is 1. The number of aliphatic hydroxyl groups is 1. The van der Waals surface area contributed by atoms with E-state index < -0.39 is 0 Å². The standard InChI is InChI=1S/C13H15N3O2/c1-9-6-11(7-14)16-13(15-9)18-12-4-2-10(8-17)3-5-12/h2-6,17H,7-8,14H2,1H3. The lowest BCUT2D eigenvalue weighted by Crippen LogP contribution is -2.03. The maximum Gasteiger partial charge on any atom is 0.322 e. The van der Waals surface area contributed by atoms with Crippen LogP contribution in [0.3, 0.4) is 0 Å². The van der Waals surface area contributed by atoms with Gasteiger partial charge in [0, 0.05) is 12.2 Å². The van der Waals surface area contributed by atoms with Crippen LogP contribution in [0.1, 0.15) is 17.0 Å². The molecule has 1 heterocycles. The lowest BCUT2D eigenvalue weighted by Gasteiger charge is -2.06. The summed E-state index contributed by atoms with van der Waals surface area (Å²) in [5.41, 5.74) is 7.93. The molecular weight excluding hydrogens is 230 g/mol. The van der Waals surface area contributed by atoms with Crippen molar-refractivity contribution in [2.24, 2.45) is 5.73 Å². The first-order valence-corrected chi connectivity index (χ1v) is 5.63. The molecule has 1 aromatic carbocycles. The molecule has 3 N–H and O–H groups in total. The summed E-state index contributed by atoms with van der Waals surface area (Å²) in [6, 6.07) is 9.21. The molecule has 0 atom stereocenters. The average Bonchev–Trinajstić information content (AvgIpc) is 2.39. The van der Waals surface area contributed by atoms with Crippen LogP contribution in [0.4, 0.5) is 0 Å². The van der Waals surface area contributed by atoms with Gasteiger partial charge in [0.25, 0.3) is 0 Å². The zero-order valence-corrected chi connectivity index (χ0v) is 10.1. The SMILES string of the molecule is Cc1cc(CN)nc(Oc2ccc(CO)cc2)n1. The fourth-order valence-electron chi connectivity index (χ4n) is 1.52. The lowest BCUT2D eigenvalue weighted by atomic mass is 10.2. The molecule has 0 saturated carbocycles. The second kappa shape index (κ2) is 5.57. The van der Waals surface area contributed by atoms with Gasteiger partial charge in [-0.15, -0.1) is 0 Å². The number of nitrogens with two attached hydrogens (primary N) is 1. The van der Waals surface area contributed by atoms with Gasteiger partial charge in [0.1, 0.15) is 5.75 Å². The third-order valence-corrected chi connectivity index (χ3v) is 2.41. The second-order valence-corrected chi connectivity index (χ2v) is 3.89. The molecule has 5 heteroatoms. The van der Waals surface area contributed by atoms with Gasteiger partial charge in [0.15, 0.2) is 0 Å². The van der Waals surface area contributed by atoms with E-state index >= 15 is 0 Å². The van der Waals surface area contributed by atoms with E-state index in [0.717, 1.165) is 17.0 Å². The highest BCUT2D eigenvalue weighted by Crippen LogP contribution is 2.19. The highest BCUT2D eigenvalue weighted by atomic mass is 16.5. The molecule has 0 bridgehead atoms. The highest BCUT2D eigenvalue weighted by Gasteiger charge is 2.04. The first-order valence-electron chi connectivity index (χ1n) is 5.63. The summed E-state index contributed by atoms with van der Waals surface area (Å²) < 4.78 is 5.54. The lowest BCUT2D eigenvalue weighted by molar-refractivity contribution is 0.281. The topological polar surface area (TPSA) is 81.3 Å². The van der Waals surface area contributed by atoms with E-state index in [0.29, 0.717) is 12.3 Å². The Morgan fingerprint density at radius 3 is 2.56 bits per heavy atom. The van der Waals surface area contributed by atoms with E-state index in [-0.39, 0.29) is 12.6 Å². The summed E-state index contributed by atoms with van der Waals surface area (Å²) in [4.78, 5) is 8.36. The molecule has 94 valence electrons. The Kier molecular flexibility index (Phi) is 3.86. The number of hydrogen-bond acceptors (Lipinski definition) is 5. The molecule has 0 saturated heterocycles. The van der Waals surface area contributed by atoms with Crippen LogP contribution in [0.2, 0.25) is 0 Å². The average molecular weight is 245 g/mol. The van der Waals surface area contributed by atoms with Gasteiger partial charge in [-0.3, -0.25) is 0 Å². The van der Waals surface area contributed by atoms with E-state index in [1.807, 2.05) is 13.0 Å². The van der Waals surface area contributed by atoms with E-state index in [2.05, 4.69) is 9.97 Å². The van der Waals surface area contributed by atoms with Gasteiger partial charge >= 0.3 is 6.01 Å². The van der Waals surface area contributed by atoms with Crippen LogP contribution in [0.15, 0.2) is 30.3 Å². The predicted molar refractivity (Wildman–Crippen MR) is 67.1 cm³/mol. The number of rotatable bonds is 4. The maximum absolute atomic E-state index is 8.94. The van der Waals surface area contributed by atoms with Gasteiger partial charge in [-0.05, 0) is 30.7 Å². The van der Waals surface area contributed by atoms with Gasteiger partial charge < -0.3 is 15.6 Å². The Labute approximate surface area is 105 Å². The van der Waals surface area contributed by atoms with Crippen LogP contribution in [0.25, 0.3) is 0 Å². The van der Waals surface area contributed by atoms with Gasteiger partial charge in [-0.1, -0.05) is 12.1 Å². The van der Waals surface area contributed by atoms with Crippen LogP contribution in [-0.4, -0.2) is 15.1 Å². The van der Waals surface area contributed by atoms with E-state index in [9.17, 15) is 0 Å². The minimum atomic E-state index is 0.0124. The van der Waals surface area contributed by atoms with Crippen molar-refractivity contribution in [1.29, 1.82) is 0 Å². The van der Waals surface area contributed by atoms with E-state index in [4.69, 9.17) is 15.6 Å². The summed E-state index contributed by atoms with van der Waals surface area (Å²) >= 11 is 0. The number of benzene rings is 1. The molecule has 0 spiro atoms. The summed E-state index contributed by atoms with van der Waals surface area (Å²) in [6.45, 7) is 2.23. The molecule has 5 nitrogen and oxygen atoms in total. The minimum absolute atomic E-state index is 0.0124. The second-order valence-electron chi connectivity index (χ2n) is 3.89. The first-order chi connectivity index (χ1) is 8.71. The maximum atomic E-state index is 8.94. The van der Waals surface area contributed by atoms with Crippen LogP contribution < -0.4 is 10.5 Å². The molecule has 0 radical (unpaired) electrons. The Morgan fingerprint density at radius 2 is 1.94 bits per heavy atom. The molecule has 0 aliphatic carbocycles. The van der Waals surface area contributed by atoms with Crippen LogP contribution in [0, 0.1) is 6.92 Å². The molecule has 2 rings (SSSR count). The van der Waals surface area contributed by atoms with Crippen molar-refractivity contribution >= 4 is 0 Å². The van der Waals surface area contributed by atoms with Crippen molar-refractivity contribution in [3.8, 4) is 11.8 Å². The first kappa shape index (κ1) is 12.5. The number of hydrogen-bond donors (Lipinski definition) is 2. The van der Waals surface area contributed by atoms with Crippen molar-refractivity contribution in [2.75, 3.05) is 0 Å². The molecule has 2 aromatic rings. The van der Waals surface area contributed by atoms with E-state index in [1.54, 1.807) is 24.3 Å². The highest BCUT2D eigenvalue weighted by molar-refractivity contribution is 5.29. The third kappa shape index (κ3) is 3.03. The monoisotopic (exact) mass is 245 g/mol. The molecule has 1 aromatic heterocycles. The van der Waals surface area contributed by atoms with Gasteiger partial charge in [0.2, 0.25) is 0 Å². The molecule has 0 aliphatic rings. The van der Waals surface area contributed by atoms with E-state index in [1.165, 1.54) is 0 Å². The molecule has 0 amide bonds. The Bertz CT molecular complexity index is 526. The van der Waals surface area contributed by atoms with Gasteiger partial charge in [0.05, 0.1) is 12.3 Å². The Morgan fingerprint density at radius 1 is 1.22 bits per heavy atom. The van der Waals surface area contributed by atoms with Crippen LogP contribution in [-0.2, 0) is 13.2 Å². The molecule has 0 unspecified atom stereocenters. The predicted octanol–water partition coefficient (Wildman–Crippen LogP) is 1.53. The van der Waals surface area contributed by atoms with Crippen molar-refractivity contribution in [1.82, 2.24) is 9.97 Å². The number of ether oxygens (including phenoxy) is 1. The number of aromatic nitrogens is 2. The third-order valence-electron chi connectivity index (χ3n) is 2.41. The number of aliphatic hydroxyl groups excluding tert-OH is 1. The fraction of sp³-hybridized carbons (Fsp3) is 0.231. The Balaban J connectivity index is 2.19. The van der Waals surface area contributed by atoms with Gasteiger partial charge in [-0.2, -0.15) is 4.98 Å². The van der Waals surface area contributed by atoms with Crippen molar-refractivity contribution < 1.29 is 9.84 Å².